The topological polar surface area (TPSA) is 69.5 Å². The SMILES string of the molecule is COc1ncccc1C(=O)N1Cc2ncn(C)c2[C@@H](COCC(C)C)C1. The van der Waals surface area contributed by atoms with Gasteiger partial charge in [-0.1, -0.05) is 13.8 Å². The molecule has 0 unspecified atom stereocenters. The molecule has 0 saturated carbocycles. The van der Waals surface area contributed by atoms with Crippen molar-refractivity contribution in [3.63, 3.8) is 0 Å². The van der Waals surface area contributed by atoms with Crippen molar-refractivity contribution in [2.45, 2.75) is 26.3 Å². The van der Waals surface area contributed by atoms with E-state index in [4.69, 9.17) is 9.47 Å². The highest BCUT2D eigenvalue weighted by atomic mass is 16.5. The van der Waals surface area contributed by atoms with E-state index < -0.39 is 0 Å². The first-order chi connectivity index (χ1) is 12.5. The number of imidazole rings is 1. The first-order valence-corrected chi connectivity index (χ1v) is 8.87. The van der Waals surface area contributed by atoms with E-state index in [0.29, 0.717) is 43.7 Å². The Labute approximate surface area is 154 Å². The van der Waals surface area contributed by atoms with E-state index in [1.165, 1.54) is 7.11 Å². The maximum Gasteiger partial charge on any atom is 0.259 e. The van der Waals surface area contributed by atoms with E-state index in [9.17, 15) is 4.79 Å². The lowest BCUT2D eigenvalue weighted by Crippen LogP contribution is -2.40. The zero-order valence-electron chi connectivity index (χ0n) is 15.8. The van der Waals surface area contributed by atoms with Crippen molar-refractivity contribution >= 4 is 5.91 Å². The van der Waals surface area contributed by atoms with Crippen LogP contribution in [0.1, 0.15) is 41.5 Å². The summed E-state index contributed by atoms with van der Waals surface area (Å²) in [5.74, 6) is 0.815. The van der Waals surface area contributed by atoms with Gasteiger partial charge >= 0.3 is 0 Å². The van der Waals surface area contributed by atoms with E-state index in [0.717, 1.165) is 11.4 Å². The standard InChI is InChI=1S/C19H26N4O3/c1-13(2)10-26-11-14-8-23(9-16-17(14)22(3)12-21-16)19(24)15-6-5-7-20-18(15)25-4/h5-7,12-14H,8-11H2,1-4H3/t14-/m1/s1. The Balaban J connectivity index is 1.82. The third-order valence-corrected chi connectivity index (χ3v) is 4.48. The molecule has 0 saturated heterocycles. The number of carbonyl (C=O) groups excluding carboxylic acids is 1. The number of rotatable bonds is 6. The molecule has 140 valence electrons. The van der Waals surface area contributed by atoms with Gasteiger partial charge < -0.3 is 18.9 Å². The smallest absolute Gasteiger partial charge is 0.259 e. The monoisotopic (exact) mass is 358 g/mol. The molecule has 2 aromatic rings. The summed E-state index contributed by atoms with van der Waals surface area (Å²) in [6, 6.07) is 3.49. The molecule has 3 heterocycles. The molecule has 0 N–H and O–H groups in total. The van der Waals surface area contributed by atoms with Gasteiger partial charge in [-0.3, -0.25) is 4.79 Å². The minimum absolute atomic E-state index is 0.0941. The maximum atomic E-state index is 13.1. The summed E-state index contributed by atoms with van der Waals surface area (Å²) in [6.07, 6.45) is 3.42. The quantitative estimate of drug-likeness (QED) is 0.792. The Kier molecular flexibility index (Phi) is 5.56. The van der Waals surface area contributed by atoms with Crippen LogP contribution >= 0.6 is 0 Å². The maximum absolute atomic E-state index is 13.1. The minimum atomic E-state index is -0.0971. The van der Waals surface area contributed by atoms with E-state index >= 15 is 0 Å². The zero-order valence-corrected chi connectivity index (χ0v) is 15.8. The molecular weight excluding hydrogens is 332 g/mol. The van der Waals surface area contributed by atoms with Crippen molar-refractivity contribution in [2.75, 3.05) is 26.9 Å². The number of pyridine rings is 1. The van der Waals surface area contributed by atoms with Crippen LogP contribution in [0.2, 0.25) is 0 Å². The van der Waals surface area contributed by atoms with Gasteiger partial charge in [0, 0.05) is 38.0 Å². The van der Waals surface area contributed by atoms with Gasteiger partial charge in [-0.2, -0.15) is 0 Å². The molecule has 1 atom stereocenters. The number of amides is 1. The molecule has 0 bridgehead atoms. The van der Waals surface area contributed by atoms with Gasteiger partial charge in [0.15, 0.2) is 0 Å². The van der Waals surface area contributed by atoms with E-state index in [2.05, 4.69) is 23.8 Å². The highest BCUT2D eigenvalue weighted by Crippen LogP contribution is 2.29. The van der Waals surface area contributed by atoms with Gasteiger partial charge in [0.25, 0.3) is 5.91 Å². The number of nitrogens with zero attached hydrogens (tertiary/aromatic N) is 4. The molecule has 7 heteroatoms. The number of aromatic nitrogens is 3. The largest absolute Gasteiger partial charge is 0.480 e. The fourth-order valence-corrected chi connectivity index (χ4v) is 3.35. The first kappa shape index (κ1) is 18.4. The molecule has 1 amide bonds. The molecule has 0 spiro atoms. The number of hydrogen-bond acceptors (Lipinski definition) is 5. The summed E-state index contributed by atoms with van der Waals surface area (Å²) in [4.78, 5) is 23.5. The molecule has 0 fully saturated rings. The lowest BCUT2D eigenvalue weighted by atomic mass is 9.98. The fourth-order valence-electron chi connectivity index (χ4n) is 3.35. The highest BCUT2D eigenvalue weighted by molar-refractivity contribution is 5.96. The van der Waals surface area contributed by atoms with Crippen molar-refractivity contribution in [3.05, 3.63) is 41.6 Å². The summed E-state index contributed by atoms with van der Waals surface area (Å²) < 4.78 is 13.2. The number of methoxy groups -OCH3 is 1. The van der Waals surface area contributed by atoms with Gasteiger partial charge in [0.05, 0.1) is 32.3 Å². The van der Waals surface area contributed by atoms with Gasteiger partial charge in [-0.25, -0.2) is 9.97 Å². The minimum Gasteiger partial charge on any atom is -0.480 e. The number of carbonyl (C=O) groups is 1. The van der Waals surface area contributed by atoms with E-state index in [-0.39, 0.29) is 11.8 Å². The molecular formula is C19H26N4O3. The number of fused-ring (bicyclic) bond motifs is 1. The Morgan fingerprint density at radius 1 is 1.38 bits per heavy atom. The normalized spacial score (nSPS) is 16.7. The highest BCUT2D eigenvalue weighted by Gasteiger charge is 2.33. The van der Waals surface area contributed by atoms with E-state index in [1.54, 1.807) is 29.6 Å². The van der Waals surface area contributed by atoms with Crippen molar-refractivity contribution in [2.24, 2.45) is 13.0 Å². The van der Waals surface area contributed by atoms with Crippen molar-refractivity contribution in [1.82, 2.24) is 19.4 Å². The molecule has 0 radical (unpaired) electrons. The van der Waals surface area contributed by atoms with Crippen LogP contribution in [0.3, 0.4) is 0 Å². The molecule has 7 nitrogen and oxygen atoms in total. The Morgan fingerprint density at radius 3 is 2.92 bits per heavy atom. The summed E-state index contributed by atoms with van der Waals surface area (Å²) in [5.41, 5.74) is 2.54. The average Bonchev–Trinajstić information content (AvgIpc) is 3.02. The van der Waals surface area contributed by atoms with Crippen LogP contribution in [-0.2, 0) is 18.3 Å². The van der Waals surface area contributed by atoms with Gasteiger partial charge in [0.2, 0.25) is 5.88 Å². The lowest BCUT2D eigenvalue weighted by Gasteiger charge is -2.33. The molecule has 26 heavy (non-hydrogen) atoms. The van der Waals surface area contributed by atoms with Crippen LogP contribution in [0.4, 0.5) is 0 Å². The average molecular weight is 358 g/mol. The van der Waals surface area contributed by atoms with Crippen LogP contribution in [0.5, 0.6) is 5.88 Å². The molecule has 0 aliphatic carbocycles. The van der Waals surface area contributed by atoms with Crippen LogP contribution < -0.4 is 4.74 Å². The molecule has 1 aliphatic heterocycles. The third kappa shape index (κ3) is 3.72. The van der Waals surface area contributed by atoms with Crippen LogP contribution in [0.25, 0.3) is 0 Å². The van der Waals surface area contributed by atoms with Gasteiger partial charge in [0.1, 0.15) is 5.56 Å². The number of aryl methyl sites for hydroxylation is 1. The molecule has 1 aliphatic rings. The first-order valence-electron chi connectivity index (χ1n) is 8.87. The van der Waals surface area contributed by atoms with Crippen molar-refractivity contribution < 1.29 is 14.3 Å². The van der Waals surface area contributed by atoms with Crippen LogP contribution in [0, 0.1) is 5.92 Å². The molecule has 0 aromatic carbocycles. The predicted octanol–water partition coefficient (Wildman–Crippen LogP) is 2.24. The Bertz CT molecular complexity index is 772. The predicted molar refractivity (Wildman–Crippen MR) is 97.1 cm³/mol. The van der Waals surface area contributed by atoms with Crippen LogP contribution in [0.15, 0.2) is 24.7 Å². The summed E-state index contributed by atoms with van der Waals surface area (Å²) in [6.45, 7) is 6.59. The summed E-state index contributed by atoms with van der Waals surface area (Å²) in [7, 11) is 3.51. The summed E-state index contributed by atoms with van der Waals surface area (Å²) >= 11 is 0. The van der Waals surface area contributed by atoms with E-state index in [1.807, 2.05) is 11.6 Å². The van der Waals surface area contributed by atoms with Crippen molar-refractivity contribution in [3.8, 4) is 5.88 Å². The lowest BCUT2D eigenvalue weighted by molar-refractivity contribution is 0.0589. The van der Waals surface area contributed by atoms with Crippen LogP contribution in [-0.4, -0.2) is 52.2 Å². The van der Waals surface area contributed by atoms with Gasteiger partial charge in [-0.05, 0) is 18.1 Å². The molecule has 2 aromatic heterocycles. The number of hydrogen-bond donors (Lipinski definition) is 0. The second-order valence-electron chi connectivity index (χ2n) is 7.06. The summed E-state index contributed by atoms with van der Waals surface area (Å²) in [5, 5.41) is 0. The Morgan fingerprint density at radius 2 is 2.19 bits per heavy atom. The second kappa shape index (κ2) is 7.86. The zero-order chi connectivity index (χ0) is 18.7. The van der Waals surface area contributed by atoms with Crippen molar-refractivity contribution in [1.29, 1.82) is 0 Å². The molecule has 3 rings (SSSR count). The third-order valence-electron chi connectivity index (χ3n) is 4.48. The fraction of sp³-hybridized carbons (Fsp3) is 0.526. The Hall–Kier alpha value is -2.41. The van der Waals surface area contributed by atoms with Gasteiger partial charge in [-0.15, -0.1) is 0 Å². The number of ether oxygens (including phenoxy) is 2. The second-order valence-corrected chi connectivity index (χ2v) is 7.06.